The van der Waals surface area contributed by atoms with E-state index in [1.807, 2.05) is 12.1 Å². The van der Waals surface area contributed by atoms with Gasteiger partial charge in [-0.15, -0.1) is 0 Å². The quantitative estimate of drug-likeness (QED) is 0.933. The summed E-state index contributed by atoms with van der Waals surface area (Å²) in [6.45, 7) is 2.51. The second-order valence-electron chi connectivity index (χ2n) is 6.53. The second kappa shape index (κ2) is 6.93. The number of hydrogen-bond acceptors (Lipinski definition) is 3. The molecule has 1 heterocycles. The molecule has 1 N–H and O–H groups in total. The molecular formula is C18H23N3O. The highest BCUT2D eigenvalue weighted by molar-refractivity contribution is 5.93. The SMILES string of the molecule is N#Cc1ccccc1NC(=O)CN1CC[C@@H]2CCCC[C@@H]2C1. The normalized spacial score (nSPS) is 25.0. The van der Waals surface area contributed by atoms with E-state index in [0.717, 1.165) is 24.9 Å². The van der Waals surface area contributed by atoms with Crippen molar-refractivity contribution < 1.29 is 4.79 Å². The molecule has 0 radical (unpaired) electrons. The van der Waals surface area contributed by atoms with Gasteiger partial charge in [-0.2, -0.15) is 5.26 Å². The van der Waals surface area contributed by atoms with Crippen LogP contribution in [0.25, 0.3) is 0 Å². The molecule has 1 saturated heterocycles. The van der Waals surface area contributed by atoms with Gasteiger partial charge >= 0.3 is 0 Å². The molecule has 1 amide bonds. The Morgan fingerprint density at radius 2 is 2.00 bits per heavy atom. The van der Waals surface area contributed by atoms with Crippen LogP contribution in [0.4, 0.5) is 5.69 Å². The first kappa shape index (κ1) is 15.1. The molecule has 1 aliphatic heterocycles. The summed E-state index contributed by atoms with van der Waals surface area (Å²) in [5, 5.41) is 11.9. The van der Waals surface area contributed by atoms with Gasteiger partial charge in [0.15, 0.2) is 0 Å². The number of amides is 1. The third-order valence-corrected chi connectivity index (χ3v) is 5.06. The predicted molar refractivity (Wildman–Crippen MR) is 86.3 cm³/mol. The van der Waals surface area contributed by atoms with E-state index in [0.29, 0.717) is 17.8 Å². The lowest BCUT2D eigenvalue weighted by Crippen LogP contribution is -2.44. The maximum Gasteiger partial charge on any atom is 0.238 e. The number of hydrogen-bond donors (Lipinski definition) is 1. The third-order valence-electron chi connectivity index (χ3n) is 5.06. The summed E-state index contributed by atoms with van der Waals surface area (Å²) in [4.78, 5) is 14.5. The molecule has 4 nitrogen and oxygen atoms in total. The number of fused-ring (bicyclic) bond motifs is 1. The maximum atomic E-state index is 12.2. The van der Waals surface area contributed by atoms with E-state index in [9.17, 15) is 4.79 Å². The van der Waals surface area contributed by atoms with Crippen LogP contribution < -0.4 is 5.32 Å². The molecular weight excluding hydrogens is 274 g/mol. The molecule has 2 aliphatic rings. The van der Waals surface area contributed by atoms with Gasteiger partial charge < -0.3 is 5.32 Å². The van der Waals surface area contributed by atoms with Crippen LogP contribution in [0.3, 0.4) is 0 Å². The minimum Gasteiger partial charge on any atom is -0.324 e. The van der Waals surface area contributed by atoms with Gasteiger partial charge in [0.1, 0.15) is 6.07 Å². The highest BCUT2D eigenvalue weighted by Gasteiger charge is 2.31. The lowest BCUT2D eigenvalue weighted by molar-refractivity contribution is -0.118. The van der Waals surface area contributed by atoms with E-state index in [1.54, 1.807) is 12.1 Å². The van der Waals surface area contributed by atoms with Crippen molar-refractivity contribution in [2.75, 3.05) is 25.0 Å². The number of nitriles is 1. The summed E-state index contributed by atoms with van der Waals surface area (Å²) >= 11 is 0. The molecule has 116 valence electrons. The first-order valence-electron chi connectivity index (χ1n) is 8.27. The van der Waals surface area contributed by atoms with Gasteiger partial charge in [0.25, 0.3) is 0 Å². The number of piperidine rings is 1. The number of anilines is 1. The fourth-order valence-electron chi connectivity index (χ4n) is 3.90. The lowest BCUT2D eigenvalue weighted by atomic mass is 9.75. The Balaban J connectivity index is 1.55. The first-order chi connectivity index (χ1) is 10.8. The van der Waals surface area contributed by atoms with Crippen LogP contribution in [0.1, 0.15) is 37.7 Å². The Hall–Kier alpha value is -1.86. The molecule has 1 aliphatic carbocycles. The number of likely N-dealkylation sites (tertiary alicyclic amines) is 1. The second-order valence-corrected chi connectivity index (χ2v) is 6.53. The Morgan fingerprint density at radius 3 is 2.82 bits per heavy atom. The van der Waals surface area contributed by atoms with E-state index in [2.05, 4.69) is 16.3 Å². The molecule has 4 heteroatoms. The van der Waals surface area contributed by atoms with Crippen LogP contribution >= 0.6 is 0 Å². The number of benzene rings is 1. The van der Waals surface area contributed by atoms with E-state index in [-0.39, 0.29) is 5.91 Å². The number of carbonyl (C=O) groups is 1. The molecule has 1 aromatic carbocycles. The lowest BCUT2D eigenvalue weighted by Gasteiger charge is -2.41. The van der Waals surface area contributed by atoms with Gasteiger partial charge in [-0.25, -0.2) is 0 Å². The van der Waals surface area contributed by atoms with Crippen molar-refractivity contribution in [2.45, 2.75) is 32.1 Å². The predicted octanol–water partition coefficient (Wildman–Crippen LogP) is 3.01. The minimum atomic E-state index is -0.0167. The molecule has 1 aromatic rings. The number of rotatable bonds is 3. The van der Waals surface area contributed by atoms with Gasteiger partial charge in [-0.05, 0) is 43.4 Å². The van der Waals surface area contributed by atoms with Crippen molar-refractivity contribution in [1.82, 2.24) is 4.90 Å². The molecule has 0 spiro atoms. The Labute approximate surface area is 132 Å². The maximum absolute atomic E-state index is 12.2. The van der Waals surface area contributed by atoms with Gasteiger partial charge in [0, 0.05) is 6.54 Å². The van der Waals surface area contributed by atoms with Crippen LogP contribution in [0.5, 0.6) is 0 Å². The van der Waals surface area contributed by atoms with Crippen molar-refractivity contribution in [2.24, 2.45) is 11.8 Å². The Bertz CT molecular complexity index is 578. The summed E-state index contributed by atoms with van der Waals surface area (Å²) in [5.74, 6) is 1.64. The van der Waals surface area contributed by atoms with E-state index in [1.165, 1.54) is 32.1 Å². The Kier molecular flexibility index (Phi) is 4.74. The topological polar surface area (TPSA) is 56.1 Å². The van der Waals surface area contributed by atoms with Crippen molar-refractivity contribution in [3.8, 4) is 6.07 Å². The summed E-state index contributed by atoms with van der Waals surface area (Å²) in [6, 6.07) is 9.27. The van der Waals surface area contributed by atoms with Gasteiger partial charge in [-0.3, -0.25) is 9.69 Å². The molecule has 22 heavy (non-hydrogen) atoms. The van der Waals surface area contributed by atoms with Crippen molar-refractivity contribution >= 4 is 11.6 Å². The van der Waals surface area contributed by atoms with Gasteiger partial charge in [0.05, 0.1) is 17.8 Å². The molecule has 1 saturated carbocycles. The largest absolute Gasteiger partial charge is 0.324 e. The molecule has 2 atom stereocenters. The van der Waals surface area contributed by atoms with E-state index < -0.39 is 0 Å². The van der Waals surface area contributed by atoms with Gasteiger partial charge in [0.2, 0.25) is 5.91 Å². The molecule has 0 bridgehead atoms. The number of nitrogens with one attached hydrogen (secondary N) is 1. The average Bonchev–Trinajstić information content (AvgIpc) is 2.55. The summed E-state index contributed by atoms with van der Waals surface area (Å²) in [5.41, 5.74) is 1.13. The highest BCUT2D eigenvalue weighted by Crippen LogP contribution is 2.35. The van der Waals surface area contributed by atoms with Crippen LogP contribution in [-0.2, 0) is 4.79 Å². The van der Waals surface area contributed by atoms with Crippen LogP contribution in [-0.4, -0.2) is 30.4 Å². The number of nitrogens with zero attached hydrogens (tertiary/aromatic N) is 2. The molecule has 2 fully saturated rings. The first-order valence-corrected chi connectivity index (χ1v) is 8.27. The van der Waals surface area contributed by atoms with E-state index in [4.69, 9.17) is 5.26 Å². The Morgan fingerprint density at radius 1 is 1.23 bits per heavy atom. The summed E-state index contributed by atoms with van der Waals surface area (Å²) < 4.78 is 0. The number of carbonyl (C=O) groups excluding carboxylic acids is 1. The average molecular weight is 297 g/mol. The zero-order chi connectivity index (χ0) is 15.4. The van der Waals surface area contributed by atoms with Crippen molar-refractivity contribution in [3.63, 3.8) is 0 Å². The van der Waals surface area contributed by atoms with E-state index >= 15 is 0 Å². The fraction of sp³-hybridized carbons (Fsp3) is 0.556. The molecule has 0 unspecified atom stereocenters. The fourth-order valence-corrected chi connectivity index (χ4v) is 3.90. The van der Waals surface area contributed by atoms with Crippen molar-refractivity contribution in [1.29, 1.82) is 5.26 Å². The van der Waals surface area contributed by atoms with Crippen molar-refractivity contribution in [3.05, 3.63) is 29.8 Å². The van der Waals surface area contributed by atoms with Crippen LogP contribution in [0.2, 0.25) is 0 Å². The monoisotopic (exact) mass is 297 g/mol. The third kappa shape index (κ3) is 3.48. The van der Waals surface area contributed by atoms with Crippen LogP contribution in [0, 0.1) is 23.2 Å². The zero-order valence-electron chi connectivity index (χ0n) is 12.9. The summed E-state index contributed by atoms with van der Waals surface area (Å²) in [7, 11) is 0. The zero-order valence-corrected chi connectivity index (χ0v) is 12.9. The van der Waals surface area contributed by atoms with Crippen LogP contribution in [0.15, 0.2) is 24.3 Å². The number of para-hydroxylation sites is 1. The molecule has 0 aromatic heterocycles. The smallest absolute Gasteiger partial charge is 0.238 e. The van der Waals surface area contributed by atoms with Gasteiger partial charge in [-0.1, -0.05) is 31.4 Å². The standard InChI is InChI=1S/C18H23N3O/c19-11-15-6-3-4-8-17(15)20-18(22)13-21-10-9-14-5-1-2-7-16(14)12-21/h3-4,6,8,14,16H,1-2,5,7,9-10,12-13H2,(H,20,22)/t14-,16+/m0/s1. The summed E-state index contributed by atoms with van der Waals surface area (Å²) in [6.07, 6.45) is 6.65. The highest BCUT2D eigenvalue weighted by atomic mass is 16.2. The molecule has 3 rings (SSSR count). The minimum absolute atomic E-state index is 0.0167.